The number of ether oxygens (including phenoxy) is 1. The summed E-state index contributed by atoms with van der Waals surface area (Å²) in [5, 5.41) is 13.4. The van der Waals surface area contributed by atoms with Crippen LogP contribution < -0.4 is 10.2 Å². The van der Waals surface area contributed by atoms with Crippen molar-refractivity contribution in [3.8, 4) is 11.1 Å². The quantitative estimate of drug-likeness (QED) is 0.542. The van der Waals surface area contributed by atoms with Crippen molar-refractivity contribution < 1.29 is 27.8 Å². The Bertz CT molecular complexity index is 1300. The molecule has 10 heteroatoms. The number of aliphatic hydroxyl groups excluding tert-OH is 1. The normalized spacial score (nSPS) is 19.8. The van der Waals surface area contributed by atoms with Gasteiger partial charge in [0.2, 0.25) is 0 Å². The number of aryl methyl sites for hydroxylation is 1. The van der Waals surface area contributed by atoms with E-state index in [2.05, 4.69) is 20.2 Å². The maximum atomic E-state index is 13.0. The second kappa shape index (κ2) is 9.51. The lowest BCUT2D eigenvalue weighted by Crippen LogP contribution is -2.41. The Kier molecular flexibility index (Phi) is 6.40. The number of benzene rings is 1. The maximum absolute atomic E-state index is 13.0. The number of halogens is 3. The summed E-state index contributed by atoms with van der Waals surface area (Å²) in [5.74, 6) is -0.694. The van der Waals surface area contributed by atoms with Gasteiger partial charge in [0.25, 0.3) is 5.91 Å². The monoisotopic (exact) mass is 498 g/mol. The highest BCUT2D eigenvalue weighted by Gasteiger charge is 2.34. The van der Waals surface area contributed by atoms with Gasteiger partial charge in [-0.05, 0) is 49.6 Å². The number of carbonyl (C=O) groups excluding carboxylic acids is 1. The summed E-state index contributed by atoms with van der Waals surface area (Å²) in [4.78, 5) is 22.6. The third-order valence-electron chi connectivity index (χ3n) is 6.68. The second-order valence-corrected chi connectivity index (χ2v) is 9.01. The summed E-state index contributed by atoms with van der Waals surface area (Å²) in [6.07, 6.45) is -1.28. The Morgan fingerprint density at radius 3 is 2.81 bits per heavy atom. The highest BCUT2D eigenvalue weighted by atomic mass is 19.4. The Morgan fingerprint density at radius 2 is 2.00 bits per heavy atom. The molecule has 5 rings (SSSR count). The van der Waals surface area contributed by atoms with Crippen molar-refractivity contribution in [1.29, 1.82) is 0 Å². The number of nitrogens with one attached hydrogen (secondary N) is 1. The fraction of sp³-hybridized carbons (Fsp3) is 0.346. The molecule has 2 N–H and O–H groups in total. The third kappa shape index (κ3) is 4.78. The fourth-order valence-electron chi connectivity index (χ4n) is 4.84. The standard InChI is InChI=1S/C26H25F3N4O3/c1-15-21(12-18(14-31-15)32-25(35)17-4-6-30-24(11-17)26(27,28)29)16-2-3-20-22(10-16)33-7-9-36-8-5-19(33)13-23(20)34/h2-4,6,10-12,14,19,23,34H,5,7-9,13H2,1H3,(H,32,35)/t19-,23+/m0/s1. The molecule has 0 unspecified atom stereocenters. The first kappa shape index (κ1) is 24.2. The molecule has 1 saturated heterocycles. The van der Waals surface area contributed by atoms with Gasteiger partial charge in [-0.15, -0.1) is 0 Å². The number of hydrogen-bond donors (Lipinski definition) is 2. The van der Waals surface area contributed by atoms with E-state index in [9.17, 15) is 23.1 Å². The van der Waals surface area contributed by atoms with E-state index < -0.39 is 23.9 Å². The molecule has 1 fully saturated rings. The molecule has 36 heavy (non-hydrogen) atoms. The maximum Gasteiger partial charge on any atom is 0.433 e. The number of aliphatic hydroxyl groups is 1. The smallest absolute Gasteiger partial charge is 0.388 e. The largest absolute Gasteiger partial charge is 0.433 e. The Morgan fingerprint density at radius 1 is 1.17 bits per heavy atom. The van der Waals surface area contributed by atoms with Crippen LogP contribution in [0.5, 0.6) is 0 Å². The molecule has 188 valence electrons. The lowest BCUT2D eigenvalue weighted by Gasteiger charge is -2.39. The summed E-state index contributed by atoms with van der Waals surface area (Å²) < 4.78 is 44.6. The number of amides is 1. The zero-order valence-corrected chi connectivity index (χ0v) is 19.5. The van der Waals surface area contributed by atoms with E-state index in [-0.39, 0.29) is 11.6 Å². The third-order valence-corrected chi connectivity index (χ3v) is 6.68. The van der Waals surface area contributed by atoms with Gasteiger partial charge in [-0.2, -0.15) is 13.2 Å². The van der Waals surface area contributed by atoms with Crippen LogP contribution in [0.3, 0.4) is 0 Å². The van der Waals surface area contributed by atoms with Gasteiger partial charge in [0.05, 0.1) is 24.6 Å². The number of alkyl halides is 3. The number of hydrogen-bond acceptors (Lipinski definition) is 6. The van der Waals surface area contributed by atoms with Gasteiger partial charge < -0.3 is 20.1 Å². The molecular weight excluding hydrogens is 473 g/mol. The highest BCUT2D eigenvalue weighted by molar-refractivity contribution is 6.04. The van der Waals surface area contributed by atoms with Gasteiger partial charge >= 0.3 is 6.18 Å². The molecule has 2 atom stereocenters. The topological polar surface area (TPSA) is 87.6 Å². The first-order chi connectivity index (χ1) is 17.2. The van der Waals surface area contributed by atoms with Gasteiger partial charge in [0.15, 0.2) is 0 Å². The number of carbonyl (C=O) groups is 1. The lowest BCUT2D eigenvalue weighted by atomic mass is 9.89. The fourth-order valence-corrected chi connectivity index (χ4v) is 4.84. The molecule has 0 aliphatic carbocycles. The zero-order valence-electron chi connectivity index (χ0n) is 19.5. The van der Waals surface area contributed by atoms with Crippen molar-refractivity contribution in [2.75, 3.05) is 30.0 Å². The van der Waals surface area contributed by atoms with E-state index >= 15 is 0 Å². The lowest BCUT2D eigenvalue weighted by molar-refractivity contribution is -0.141. The molecule has 2 aliphatic rings. The van der Waals surface area contributed by atoms with Crippen molar-refractivity contribution in [2.24, 2.45) is 0 Å². The molecule has 4 heterocycles. The van der Waals surface area contributed by atoms with E-state index in [0.717, 1.165) is 47.2 Å². The van der Waals surface area contributed by atoms with E-state index in [0.29, 0.717) is 31.4 Å². The molecule has 0 spiro atoms. The molecule has 3 aromatic rings. The second-order valence-electron chi connectivity index (χ2n) is 9.01. The number of aromatic nitrogens is 2. The van der Waals surface area contributed by atoms with Crippen LogP contribution in [0.15, 0.2) is 48.8 Å². The number of anilines is 2. The number of pyridine rings is 2. The van der Waals surface area contributed by atoms with Crippen LogP contribution in [0.2, 0.25) is 0 Å². The minimum atomic E-state index is -4.65. The molecule has 0 bridgehead atoms. The Balaban J connectivity index is 1.44. The van der Waals surface area contributed by atoms with Crippen molar-refractivity contribution in [1.82, 2.24) is 9.97 Å². The predicted octanol–water partition coefficient (Wildman–Crippen LogP) is 4.76. The van der Waals surface area contributed by atoms with Crippen molar-refractivity contribution in [3.05, 3.63) is 71.3 Å². The summed E-state index contributed by atoms with van der Waals surface area (Å²) in [7, 11) is 0. The zero-order chi connectivity index (χ0) is 25.4. The molecule has 0 saturated carbocycles. The van der Waals surface area contributed by atoms with Gasteiger partial charge in [0, 0.05) is 53.5 Å². The Labute approximate surface area is 205 Å². The van der Waals surface area contributed by atoms with Crippen LogP contribution in [-0.4, -0.2) is 46.8 Å². The number of nitrogens with zero attached hydrogens (tertiary/aromatic N) is 3. The van der Waals surface area contributed by atoms with E-state index in [1.54, 1.807) is 6.07 Å². The van der Waals surface area contributed by atoms with Crippen LogP contribution >= 0.6 is 0 Å². The first-order valence-electron chi connectivity index (χ1n) is 11.7. The molecule has 0 radical (unpaired) electrons. The SMILES string of the molecule is Cc1ncc(NC(=O)c2ccnc(C(F)(F)F)c2)cc1-c1ccc2c(c1)N1CCOCC[C@H]1C[C@H]2O. The minimum Gasteiger partial charge on any atom is -0.388 e. The molecule has 2 aliphatic heterocycles. The van der Waals surface area contributed by atoms with Crippen LogP contribution in [0, 0.1) is 6.92 Å². The van der Waals surface area contributed by atoms with E-state index in [4.69, 9.17) is 4.74 Å². The molecular formula is C26H25F3N4O3. The van der Waals surface area contributed by atoms with Crippen molar-refractivity contribution >= 4 is 17.3 Å². The van der Waals surface area contributed by atoms with Crippen LogP contribution in [0.1, 0.15) is 46.3 Å². The van der Waals surface area contributed by atoms with Crippen LogP contribution in [0.25, 0.3) is 11.1 Å². The van der Waals surface area contributed by atoms with E-state index in [1.807, 2.05) is 25.1 Å². The summed E-state index contributed by atoms with van der Waals surface area (Å²) in [6, 6.07) is 9.72. The van der Waals surface area contributed by atoms with Crippen molar-refractivity contribution in [2.45, 2.75) is 38.1 Å². The van der Waals surface area contributed by atoms with Crippen LogP contribution in [-0.2, 0) is 10.9 Å². The molecule has 7 nitrogen and oxygen atoms in total. The molecule has 2 aromatic heterocycles. The average Bonchev–Trinajstić information content (AvgIpc) is 3.10. The number of fused-ring (bicyclic) bond motifs is 3. The molecule has 1 aromatic carbocycles. The molecule has 1 amide bonds. The van der Waals surface area contributed by atoms with Gasteiger partial charge in [0.1, 0.15) is 5.69 Å². The number of rotatable bonds is 3. The minimum absolute atomic E-state index is 0.156. The van der Waals surface area contributed by atoms with Crippen LogP contribution in [0.4, 0.5) is 24.5 Å². The summed E-state index contributed by atoms with van der Waals surface area (Å²) in [5.41, 5.74) is 3.23. The van der Waals surface area contributed by atoms with Gasteiger partial charge in [-0.1, -0.05) is 12.1 Å². The Hall–Kier alpha value is -3.50. The first-order valence-corrected chi connectivity index (χ1v) is 11.7. The summed E-state index contributed by atoms with van der Waals surface area (Å²) in [6.45, 7) is 3.85. The average molecular weight is 499 g/mol. The van der Waals surface area contributed by atoms with Gasteiger partial charge in [-0.25, -0.2) is 0 Å². The van der Waals surface area contributed by atoms with Gasteiger partial charge in [-0.3, -0.25) is 14.8 Å². The predicted molar refractivity (Wildman–Crippen MR) is 128 cm³/mol. The van der Waals surface area contributed by atoms with Crippen molar-refractivity contribution in [3.63, 3.8) is 0 Å². The van der Waals surface area contributed by atoms with E-state index in [1.165, 1.54) is 12.3 Å². The highest BCUT2D eigenvalue weighted by Crippen LogP contribution is 2.41. The summed E-state index contributed by atoms with van der Waals surface area (Å²) >= 11 is 0.